The van der Waals surface area contributed by atoms with Crippen LogP contribution in [-0.4, -0.2) is 18.0 Å². The molecule has 0 aromatic heterocycles. The second kappa shape index (κ2) is 4.07. The number of rotatable bonds is 2. The smallest absolute Gasteiger partial charge is 0.303 e. The summed E-state index contributed by atoms with van der Waals surface area (Å²) in [5.74, 6) is -3.73. The Morgan fingerprint density at radius 2 is 2.21 bits per heavy atom. The third-order valence-corrected chi connectivity index (χ3v) is 2.45. The predicted octanol–water partition coefficient (Wildman–Crippen LogP) is 2.54. The van der Waals surface area contributed by atoms with E-state index in [0.29, 0.717) is 6.42 Å². The number of carbonyl (C=O) groups excluding carboxylic acids is 1. The number of esters is 1. The first-order valence-electron chi connectivity index (χ1n) is 4.63. The zero-order chi connectivity index (χ0) is 10.8. The summed E-state index contributed by atoms with van der Waals surface area (Å²) in [6.07, 6.45) is 0.836. The number of alkyl halides is 2. The van der Waals surface area contributed by atoms with Gasteiger partial charge in [-0.25, -0.2) is 8.78 Å². The highest BCUT2D eigenvalue weighted by molar-refractivity contribution is 5.66. The van der Waals surface area contributed by atoms with Gasteiger partial charge in [0.2, 0.25) is 0 Å². The molecule has 14 heavy (non-hydrogen) atoms. The number of allylic oxidation sites excluding steroid dienone is 1. The molecule has 1 fully saturated rings. The minimum absolute atomic E-state index is 0.170. The minimum atomic E-state index is -2.91. The summed E-state index contributed by atoms with van der Waals surface area (Å²) in [5.41, 5.74) is 0. The molecule has 1 aliphatic carbocycles. The van der Waals surface area contributed by atoms with Crippen molar-refractivity contribution in [1.82, 2.24) is 0 Å². The Balaban J connectivity index is 2.62. The normalized spacial score (nSPS) is 30.8. The summed E-state index contributed by atoms with van der Waals surface area (Å²) >= 11 is 0. The van der Waals surface area contributed by atoms with Crippen molar-refractivity contribution < 1.29 is 18.3 Å². The van der Waals surface area contributed by atoms with Crippen molar-refractivity contribution in [2.24, 2.45) is 5.92 Å². The van der Waals surface area contributed by atoms with Crippen molar-refractivity contribution in [2.75, 3.05) is 0 Å². The first-order valence-corrected chi connectivity index (χ1v) is 4.63. The van der Waals surface area contributed by atoms with Gasteiger partial charge >= 0.3 is 5.97 Å². The fourth-order valence-corrected chi connectivity index (χ4v) is 1.71. The van der Waals surface area contributed by atoms with Crippen molar-refractivity contribution in [2.45, 2.75) is 38.2 Å². The molecule has 0 radical (unpaired) electrons. The monoisotopic (exact) mass is 204 g/mol. The van der Waals surface area contributed by atoms with Crippen LogP contribution in [0.1, 0.15) is 26.2 Å². The van der Waals surface area contributed by atoms with E-state index in [1.54, 1.807) is 0 Å². The maximum atomic E-state index is 13.3. The molecule has 0 spiro atoms. The van der Waals surface area contributed by atoms with Crippen molar-refractivity contribution in [3.05, 3.63) is 12.7 Å². The molecule has 0 heterocycles. The molecule has 0 aromatic rings. The van der Waals surface area contributed by atoms with Crippen LogP contribution in [0.25, 0.3) is 0 Å². The molecule has 2 atom stereocenters. The molecular formula is C10H14F2O2. The third-order valence-electron chi connectivity index (χ3n) is 2.45. The molecule has 0 bridgehead atoms. The molecule has 2 nitrogen and oxygen atoms in total. The van der Waals surface area contributed by atoms with E-state index in [9.17, 15) is 13.6 Å². The van der Waals surface area contributed by atoms with Crippen LogP contribution in [0.15, 0.2) is 12.7 Å². The van der Waals surface area contributed by atoms with E-state index in [2.05, 4.69) is 11.3 Å². The molecule has 80 valence electrons. The maximum absolute atomic E-state index is 13.3. The highest BCUT2D eigenvalue weighted by Gasteiger charge is 2.46. The topological polar surface area (TPSA) is 26.3 Å². The summed E-state index contributed by atoms with van der Waals surface area (Å²) in [7, 11) is 0. The number of carbonyl (C=O) groups is 1. The van der Waals surface area contributed by atoms with E-state index in [4.69, 9.17) is 0 Å². The predicted molar refractivity (Wildman–Crippen MR) is 48.0 cm³/mol. The van der Waals surface area contributed by atoms with E-state index >= 15 is 0 Å². The Hall–Kier alpha value is -0.930. The average molecular weight is 204 g/mol. The molecule has 0 saturated heterocycles. The standard InChI is InChI=1S/C10H14F2O2/c1-3-8-4-5-9(14-7(2)13)10(11,12)6-8/h3,8-9H,1,4-6H2,2H3/t8-,9-/m1/s1. The maximum Gasteiger partial charge on any atom is 0.303 e. The fraction of sp³-hybridized carbons (Fsp3) is 0.700. The number of hydrogen-bond donors (Lipinski definition) is 0. The summed E-state index contributed by atoms with van der Waals surface area (Å²) in [6.45, 7) is 4.64. The van der Waals surface area contributed by atoms with Crippen molar-refractivity contribution in [3.63, 3.8) is 0 Å². The van der Waals surface area contributed by atoms with Gasteiger partial charge in [0.05, 0.1) is 0 Å². The van der Waals surface area contributed by atoms with Gasteiger partial charge in [0.25, 0.3) is 5.92 Å². The first kappa shape index (κ1) is 11.1. The molecule has 0 amide bonds. The third kappa shape index (κ3) is 2.53. The van der Waals surface area contributed by atoms with Crippen LogP contribution in [0.5, 0.6) is 0 Å². The van der Waals surface area contributed by atoms with E-state index in [-0.39, 0.29) is 18.8 Å². The lowest BCUT2D eigenvalue weighted by atomic mass is 9.84. The van der Waals surface area contributed by atoms with Crippen LogP contribution in [0, 0.1) is 5.92 Å². The molecule has 0 N–H and O–H groups in total. The van der Waals surface area contributed by atoms with Gasteiger partial charge in [-0.2, -0.15) is 0 Å². The second-order valence-corrected chi connectivity index (χ2v) is 3.64. The molecule has 4 heteroatoms. The van der Waals surface area contributed by atoms with Crippen molar-refractivity contribution in [1.29, 1.82) is 0 Å². The summed E-state index contributed by atoms with van der Waals surface area (Å²) in [6, 6.07) is 0. The van der Waals surface area contributed by atoms with Gasteiger partial charge < -0.3 is 4.74 Å². The zero-order valence-corrected chi connectivity index (χ0v) is 8.13. The van der Waals surface area contributed by atoms with Crippen molar-refractivity contribution >= 4 is 5.97 Å². The van der Waals surface area contributed by atoms with Crippen LogP contribution in [-0.2, 0) is 9.53 Å². The van der Waals surface area contributed by atoms with Gasteiger partial charge in [0, 0.05) is 13.3 Å². The Morgan fingerprint density at radius 1 is 1.57 bits per heavy atom. The lowest BCUT2D eigenvalue weighted by Crippen LogP contribution is -2.42. The molecular weight excluding hydrogens is 190 g/mol. The molecule has 0 aliphatic heterocycles. The van der Waals surface area contributed by atoms with Crippen LogP contribution >= 0.6 is 0 Å². The van der Waals surface area contributed by atoms with Gasteiger partial charge in [-0.05, 0) is 18.8 Å². The lowest BCUT2D eigenvalue weighted by molar-refractivity contribution is -0.182. The van der Waals surface area contributed by atoms with E-state index in [1.165, 1.54) is 6.08 Å². The molecule has 0 aromatic carbocycles. The average Bonchev–Trinajstić information content (AvgIpc) is 2.07. The van der Waals surface area contributed by atoms with E-state index in [0.717, 1.165) is 6.92 Å². The Kier molecular flexibility index (Phi) is 3.24. The number of hydrogen-bond acceptors (Lipinski definition) is 2. The van der Waals surface area contributed by atoms with Crippen LogP contribution in [0.4, 0.5) is 8.78 Å². The Morgan fingerprint density at radius 3 is 2.64 bits per heavy atom. The minimum Gasteiger partial charge on any atom is -0.456 e. The van der Waals surface area contributed by atoms with Crippen molar-refractivity contribution in [3.8, 4) is 0 Å². The quantitative estimate of drug-likeness (QED) is 0.510. The van der Waals surface area contributed by atoms with E-state index < -0.39 is 18.0 Å². The highest BCUT2D eigenvalue weighted by Crippen LogP contribution is 2.39. The molecule has 1 aliphatic rings. The fourth-order valence-electron chi connectivity index (χ4n) is 1.71. The van der Waals surface area contributed by atoms with Crippen LogP contribution < -0.4 is 0 Å². The summed E-state index contributed by atoms with van der Waals surface area (Å²) < 4.78 is 31.3. The lowest BCUT2D eigenvalue weighted by Gasteiger charge is -2.33. The van der Waals surface area contributed by atoms with Gasteiger partial charge in [-0.15, -0.1) is 6.58 Å². The summed E-state index contributed by atoms with van der Waals surface area (Å²) in [4.78, 5) is 10.6. The molecule has 0 unspecified atom stereocenters. The summed E-state index contributed by atoms with van der Waals surface area (Å²) in [5, 5.41) is 0. The Labute approximate surface area is 81.9 Å². The van der Waals surface area contributed by atoms with Gasteiger partial charge in [0.1, 0.15) is 0 Å². The van der Waals surface area contributed by atoms with Gasteiger partial charge in [0.15, 0.2) is 6.10 Å². The highest BCUT2D eigenvalue weighted by atomic mass is 19.3. The zero-order valence-electron chi connectivity index (χ0n) is 8.13. The number of ether oxygens (including phenoxy) is 1. The van der Waals surface area contributed by atoms with Crippen LogP contribution in [0.2, 0.25) is 0 Å². The van der Waals surface area contributed by atoms with E-state index in [1.807, 2.05) is 0 Å². The van der Waals surface area contributed by atoms with Gasteiger partial charge in [-0.3, -0.25) is 4.79 Å². The largest absolute Gasteiger partial charge is 0.456 e. The molecule has 1 saturated carbocycles. The van der Waals surface area contributed by atoms with Gasteiger partial charge in [-0.1, -0.05) is 6.08 Å². The first-order chi connectivity index (χ1) is 6.45. The molecule has 1 rings (SSSR count). The SMILES string of the molecule is C=C[C@@H]1CC[C@@H](OC(C)=O)C(F)(F)C1. The van der Waals surface area contributed by atoms with Crippen LogP contribution in [0.3, 0.4) is 0 Å². The second-order valence-electron chi connectivity index (χ2n) is 3.64. The Bertz CT molecular complexity index is 238. The number of halogens is 2.